The van der Waals surface area contributed by atoms with Gasteiger partial charge in [0.05, 0.1) is 13.3 Å². The summed E-state index contributed by atoms with van der Waals surface area (Å²) in [7, 11) is 0. The van der Waals surface area contributed by atoms with Gasteiger partial charge in [-0.05, 0) is 6.20 Å². The van der Waals surface area contributed by atoms with E-state index >= 15 is 0 Å². The van der Waals surface area contributed by atoms with Crippen molar-refractivity contribution in [1.82, 2.24) is 9.80 Å². The van der Waals surface area contributed by atoms with Gasteiger partial charge in [0.2, 0.25) is 0 Å². The fourth-order valence-corrected chi connectivity index (χ4v) is 0.876. The van der Waals surface area contributed by atoms with Crippen LogP contribution in [0.25, 0.3) is 0 Å². The van der Waals surface area contributed by atoms with Gasteiger partial charge >= 0.3 is 0 Å². The van der Waals surface area contributed by atoms with Crippen molar-refractivity contribution in [2.75, 3.05) is 19.8 Å². The highest BCUT2D eigenvalue weighted by Crippen LogP contribution is 2.04. The lowest BCUT2D eigenvalue weighted by Gasteiger charge is -2.16. The third kappa shape index (κ3) is 2.82. The van der Waals surface area contributed by atoms with Crippen LogP contribution >= 0.6 is 12.4 Å². The van der Waals surface area contributed by atoms with Gasteiger partial charge in [0.25, 0.3) is 0 Å². The molecule has 0 amide bonds. The molecule has 1 aliphatic heterocycles. The molecule has 0 aliphatic carbocycles. The maximum atomic E-state index is 8.57. The minimum atomic E-state index is 0. The molecule has 1 rings (SSSR count). The van der Waals surface area contributed by atoms with Crippen LogP contribution in [0.3, 0.4) is 0 Å². The van der Waals surface area contributed by atoms with Gasteiger partial charge in [-0.3, -0.25) is 0 Å². The molecule has 0 saturated heterocycles. The van der Waals surface area contributed by atoms with E-state index in [0.717, 1.165) is 6.67 Å². The van der Waals surface area contributed by atoms with E-state index in [1.165, 1.54) is 0 Å². The van der Waals surface area contributed by atoms with E-state index in [2.05, 4.69) is 6.58 Å². The van der Waals surface area contributed by atoms with Crippen molar-refractivity contribution in [1.29, 1.82) is 0 Å². The summed E-state index contributed by atoms with van der Waals surface area (Å²) in [6.45, 7) is 5.33. The highest BCUT2D eigenvalue weighted by molar-refractivity contribution is 5.85. The van der Waals surface area contributed by atoms with Crippen LogP contribution in [-0.2, 0) is 0 Å². The number of rotatable bonds is 3. The van der Waals surface area contributed by atoms with Gasteiger partial charge in [-0.1, -0.05) is 6.58 Å². The first kappa shape index (κ1) is 10.3. The lowest BCUT2D eigenvalue weighted by Crippen LogP contribution is -2.24. The van der Waals surface area contributed by atoms with Gasteiger partial charge in [-0.2, -0.15) is 0 Å². The van der Waals surface area contributed by atoms with Crippen molar-refractivity contribution in [3.8, 4) is 0 Å². The van der Waals surface area contributed by atoms with Gasteiger partial charge in [0.15, 0.2) is 0 Å². The van der Waals surface area contributed by atoms with Gasteiger partial charge in [-0.25, -0.2) is 0 Å². The van der Waals surface area contributed by atoms with E-state index in [0.29, 0.717) is 6.54 Å². The van der Waals surface area contributed by atoms with Crippen LogP contribution in [0.15, 0.2) is 25.2 Å². The Hall–Kier alpha value is -0.670. The number of hydrogen-bond donors (Lipinski definition) is 1. The van der Waals surface area contributed by atoms with Gasteiger partial charge in [0, 0.05) is 18.9 Å². The molecule has 0 aromatic rings. The maximum Gasteiger partial charge on any atom is 0.0936 e. The van der Waals surface area contributed by atoms with E-state index in [-0.39, 0.29) is 19.0 Å². The van der Waals surface area contributed by atoms with Gasteiger partial charge in [0.1, 0.15) is 0 Å². The highest BCUT2D eigenvalue weighted by atomic mass is 35.5. The first-order valence-electron chi connectivity index (χ1n) is 3.28. The van der Waals surface area contributed by atoms with Crippen molar-refractivity contribution in [2.45, 2.75) is 0 Å². The third-order valence-electron chi connectivity index (χ3n) is 1.44. The van der Waals surface area contributed by atoms with E-state index in [1.54, 1.807) is 6.20 Å². The largest absolute Gasteiger partial charge is 0.395 e. The molecule has 1 aliphatic rings. The maximum absolute atomic E-state index is 8.57. The number of β-amino-alcohol motifs (C(OH)–C–C–N with tert-alkyl or cyclic N) is 1. The summed E-state index contributed by atoms with van der Waals surface area (Å²) in [6.07, 6.45) is 5.63. The summed E-state index contributed by atoms with van der Waals surface area (Å²) in [5, 5.41) is 8.57. The standard InChI is InChI=1S/C7H12N2O.ClH/c1-2-8-3-4-9(7-8)5-6-10;/h2-4,10H,1,5-7H2;1H. The predicted octanol–water partition coefficient (Wildman–Crippen LogP) is 0.590. The Labute approximate surface area is 73.0 Å². The Kier molecular flexibility index (Phi) is 4.74. The molecule has 11 heavy (non-hydrogen) atoms. The molecular weight excluding hydrogens is 164 g/mol. The van der Waals surface area contributed by atoms with Crippen LogP contribution in [0, 0.1) is 0 Å². The average Bonchev–Trinajstić information content (AvgIpc) is 2.37. The number of aliphatic hydroxyl groups excluding tert-OH is 1. The lowest BCUT2D eigenvalue weighted by atomic mass is 10.6. The zero-order chi connectivity index (χ0) is 7.40. The Morgan fingerprint density at radius 1 is 1.55 bits per heavy atom. The first-order valence-corrected chi connectivity index (χ1v) is 3.28. The molecular formula is C7H13ClN2O. The molecule has 4 heteroatoms. The molecule has 0 radical (unpaired) electrons. The van der Waals surface area contributed by atoms with E-state index in [9.17, 15) is 0 Å². The molecule has 64 valence electrons. The second kappa shape index (κ2) is 5.04. The van der Waals surface area contributed by atoms with Crippen molar-refractivity contribution in [2.24, 2.45) is 0 Å². The van der Waals surface area contributed by atoms with Crippen molar-refractivity contribution in [3.63, 3.8) is 0 Å². The van der Waals surface area contributed by atoms with Crippen molar-refractivity contribution >= 4 is 12.4 Å². The minimum Gasteiger partial charge on any atom is -0.395 e. The second-order valence-electron chi connectivity index (χ2n) is 2.17. The molecule has 0 bridgehead atoms. The summed E-state index contributed by atoms with van der Waals surface area (Å²) in [6, 6.07) is 0. The monoisotopic (exact) mass is 176 g/mol. The van der Waals surface area contributed by atoms with Crippen LogP contribution in [0.2, 0.25) is 0 Å². The molecule has 3 nitrogen and oxygen atoms in total. The number of nitrogens with zero attached hydrogens (tertiary/aromatic N) is 2. The second-order valence-corrected chi connectivity index (χ2v) is 2.17. The van der Waals surface area contributed by atoms with E-state index in [1.807, 2.05) is 22.2 Å². The lowest BCUT2D eigenvalue weighted by molar-refractivity contribution is 0.222. The molecule has 0 atom stereocenters. The molecule has 0 aromatic carbocycles. The Morgan fingerprint density at radius 3 is 2.73 bits per heavy atom. The van der Waals surface area contributed by atoms with Crippen LogP contribution < -0.4 is 0 Å². The Morgan fingerprint density at radius 2 is 2.27 bits per heavy atom. The Balaban J connectivity index is 0.000001000. The third-order valence-corrected chi connectivity index (χ3v) is 1.44. The van der Waals surface area contributed by atoms with Gasteiger partial charge < -0.3 is 14.9 Å². The summed E-state index contributed by atoms with van der Waals surface area (Å²) in [5.74, 6) is 0. The molecule has 0 unspecified atom stereocenters. The molecule has 0 saturated carbocycles. The summed E-state index contributed by atoms with van der Waals surface area (Å²) in [4.78, 5) is 3.97. The van der Waals surface area contributed by atoms with E-state index < -0.39 is 0 Å². The molecule has 1 heterocycles. The SMILES string of the molecule is C=CN1C=CN(CCO)C1.Cl. The van der Waals surface area contributed by atoms with Crippen LogP contribution in [0.1, 0.15) is 0 Å². The fourth-order valence-electron chi connectivity index (χ4n) is 0.876. The molecule has 0 fully saturated rings. The summed E-state index contributed by atoms with van der Waals surface area (Å²) < 4.78 is 0. The molecule has 1 N–H and O–H groups in total. The van der Waals surface area contributed by atoms with Gasteiger partial charge in [-0.15, -0.1) is 12.4 Å². The van der Waals surface area contributed by atoms with Crippen molar-refractivity contribution in [3.05, 3.63) is 25.2 Å². The molecule has 0 spiro atoms. The zero-order valence-corrected chi connectivity index (χ0v) is 7.13. The Bertz CT molecular complexity index is 149. The quantitative estimate of drug-likeness (QED) is 0.682. The smallest absolute Gasteiger partial charge is 0.0936 e. The fraction of sp³-hybridized carbons (Fsp3) is 0.429. The zero-order valence-electron chi connectivity index (χ0n) is 6.31. The summed E-state index contributed by atoms with van der Waals surface area (Å²) >= 11 is 0. The highest BCUT2D eigenvalue weighted by Gasteiger charge is 2.06. The minimum absolute atomic E-state index is 0. The van der Waals surface area contributed by atoms with Crippen LogP contribution in [-0.4, -0.2) is 34.7 Å². The molecule has 0 aromatic heterocycles. The number of aliphatic hydroxyl groups is 1. The number of halogens is 1. The predicted molar refractivity (Wildman–Crippen MR) is 47.1 cm³/mol. The van der Waals surface area contributed by atoms with E-state index in [4.69, 9.17) is 5.11 Å². The van der Waals surface area contributed by atoms with Crippen LogP contribution in [0.5, 0.6) is 0 Å². The van der Waals surface area contributed by atoms with Crippen molar-refractivity contribution < 1.29 is 5.11 Å². The number of hydrogen-bond acceptors (Lipinski definition) is 3. The normalized spacial score (nSPS) is 15.0. The van der Waals surface area contributed by atoms with Crippen LogP contribution in [0.4, 0.5) is 0 Å². The first-order chi connectivity index (χ1) is 4.86. The summed E-state index contributed by atoms with van der Waals surface area (Å²) in [5.41, 5.74) is 0. The topological polar surface area (TPSA) is 26.7 Å². The average molecular weight is 177 g/mol.